The number of nitrogens with one attached hydrogen (secondary N) is 2. The van der Waals surface area contributed by atoms with Gasteiger partial charge in [-0.1, -0.05) is 61.0 Å². The summed E-state index contributed by atoms with van der Waals surface area (Å²) in [6.07, 6.45) is 0.659. The lowest BCUT2D eigenvalue weighted by molar-refractivity contribution is -0.141. The van der Waals surface area contributed by atoms with E-state index in [1.54, 1.807) is 17.5 Å². The lowest BCUT2D eigenvalue weighted by Crippen LogP contribution is -2.47. The van der Waals surface area contributed by atoms with Crippen molar-refractivity contribution in [2.45, 2.75) is 49.7 Å². The van der Waals surface area contributed by atoms with E-state index in [0.717, 1.165) is 71.6 Å². The van der Waals surface area contributed by atoms with Crippen LogP contribution in [-0.2, 0) is 10.2 Å². The molecule has 10 heteroatoms. The number of thiophene rings is 1. The van der Waals surface area contributed by atoms with Crippen LogP contribution in [0.1, 0.15) is 53.7 Å². The highest BCUT2D eigenvalue weighted by molar-refractivity contribution is 7.13. The second-order valence-electron chi connectivity index (χ2n) is 11.7. The first-order valence-electron chi connectivity index (χ1n) is 15.3. The van der Waals surface area contributed by atoms with Crippen molar-refractivity contribution in [3.8, 4) is 21.6 Å². The molecule has 1 aliphatic carbocycles. The second kappa shape index (κ2) is 13.1. The van der Waals surface area contributed by atoms with E-state index in [4.69, 9.17) is 0 Å². The second-order valence-corrected chi connectivity index (χ2v) is 12.7. The van der Waals surface area contributed by atoms with Crippen LogP contribution in [-0.4, -0.2) is 60.1 Å². The Morgan fingerprint density at radius 3 is 2.20 bits per heavy atom. The summed E-state index contributed by atoms with van der Waals surface area (Å²) in [6.45, 7) is 1.10. The van der Waals surface area contributed by atoms with Crippen molar-refractivity contribution >= 4 is 23.2 Å². The number of rotatable bonds is 10. The lowest BCUT2D eigenvalue weighted by Gasteiger charge is -2.33. The van der Waals surface area contributed by atoms with Crippen molar-refractivity contribution in [3.05, 3.63) is 101 Å². The SMILES string of the molecule is O=C(NC1CCN(CCCCC2(C(=O)NCC(F)(F)F)c3ccccc3-c3ccccc32)CC1)c1ncccc1-c1cccs1. The van der Waals surface area contributed by atoms with Crippen molar-refractivity contribution in [1.82, 2.24) is 20.5 Å². The number of alkyl halides is 3. The van der Waals surface area contributed by atoms with Gasteiger partial charge in [-0.15, -0.1) is 11.3 Å². The van der Waals surface area contributed by atoms with Crippen LogP contribution in [0.15, 0.2) is 84.4 Å². The van der Waals surface area contributed by atoms with Crippen molar-refractivity contribution in [2.24, 2.45) is 0 Å². The molecule has 2 amide bonds. The highest BCUT2D eigenvalue weighted by atomic mass is 32.1. The fraction of sp³-hybridized carbons (Fsp3) is 0.343. The van der Waals surface area contributed by atoms with Crippen molar-refractivity contribution in [2.75, 3.05) is 26.2 Å². The number of amides is 2. The average Bonchev–Trinajstić information content (AvgIpc) is 3.69. The summed E-state index contributed by atoms with van der Waals surface area (Å²) < 4.78 is 39.4. The minimum absolute atomic E-state index is 0.0547. The maximum atomic E-state index is 13.7. The molecule has 2 aromatic carbocycles. The molecule has 6 rings (SSSR count). The minimum Gasteiger partial charge on any atom is -0.348 e. The van der Waals surface area contributed by atoms with E-state index in [9.17, 15) is 22.8 Å². The van der Waals surface area contributed by atoms with Gasteiger partial charge in [0.15, 0.2) is 0 Å². The van der Waals surface area contributed by atoms with Crippen LogP contribution in [0.4, 0.5) is 13.2 Å². The van der Waals surface area contributed by atoms with E-state index >= 15 is 0 Å². The summed E-state index contributed by atoms with van der Waals surface area (Å²) in [4.78, 5) is 34.6. The van der Waals surface area contributed by atoms with Crippen molar-refractivity contribution in [3.63, 3.8) is 0 Å². The zero-order valence-corrected chi connectivity index (χ0v) is 25.6. The Balaban J connectivity index is 1.06. The van der Waals surface area contributed by atoms with Crippen LogP contribution in [0.3, 0.4) is 0 Å². The number of hydrogen-bond acceptors (Lipinski definition) is 5. The first-order chi connectivity index (χ1) is 21.8. The fourth-order valence-electron chi connectivity index (χ4n) is 6.78. The topological polar surface area (TPSA) is 74.3 Å². The number of unbranched alkanes of at least 4 members (excludes halogenated alkanes) is 1. The largest absolute Gasteiger partial charge is 0.405 e. The van der Waals surface area contributed by atoms with Crippen LogP contribution in [0.2, 0.25) is 0 Å². The Bertz CT molecular complexity index is 1600. The summed E-state index contributed by atoms with van der Waals surface area (Å²) in [6, 6.07) is 22.8. The first kappa shape index (κ1) is 31.0. The highest BCUT2D eigenvalue weighted by Gasteiger charge is 2.49. The third-order valence-corrected chi connectivity index (χ3v) is 9.81. The molecule has 1 saturated heterocycles. The number of pyridine rings is 1. The number of nitrogens with zero attached hydrogens (tertiary/aromatic N) is 2. The summed E-state index contributed by atoms with van der Waals surface area (Å²) in [5, 5.41) is 7.36. The van der Waals surface area contributed by atoms with Gasteiger partial charge in [-0.2, -0.15) is 13.2 Å². The molecule has 0 spiro atoms. The molecule has 1 aliphatic heterocycles. The predicted molar refractivity (Wildman–Crippen MR) is 170 cm³/mol. The molecule has 0 radical (unpaired) electrons. The van der Waals surface area contributed by atoms with E-state index < -0.39 is 24.0 Å². The third kappa shape index (κ3) is 6.53. The van der Waals surface area contributed by atoms with Gasteiger partial charge in [0.25, 0.3) is 5.91 Å². The molecule has 234 valence electrons. The maximum Gasteiger partial charge on any atom is 0.405 e. The lowest BCUT2D eigenvalue weighted by atomic mass is 9.73. The normalized spacial score (nSPS) is 16.2. The van der Waals surface area contributed by atoms with Crippen LogP contribution in [0, 0.1) is 0 Å². The van der Waals surface area contributed by atoms with Gasteiger partial charge in [0, 0.05) is 35.8 Å². The zero-order chi connectivity index (χ0) is 31.4. The number of carbonyl (C=O) groups is 2. The molecule has 0 saturated carbocycles. The van der Waals surface area contributed by atoms with Gasteiger partial charge < -0.3 is 15.5 Å². The molecular weight excluding hydrogens is 597 g/mol. The maximum absolute atomic E-state index is 13.7. The fourth-order valence-corrected chi connectivity index (χ4v) is 7.53. The molecule has 0 unspecified atom stereocenters. The quantitative estimate of drug-likeness (QED) is 0.188. The number of halogens is 3. The molecule has 2 aliphatic rings. The van der Waals surface area contributed by atoms with E-state index in [-0.39, 0.29) is 11.9 Å². The van der Waals surface area contributed by atoms with Gasteiger partial charge >= 0.3 is 6.18 Å². The Morgan fingerprint density at radius 1 is 0.889 bits per heavy atom. The molecule has 1 fully saturated rings. The Kier molecular flexibility index (Phi) is 9.05. The number of likely N-dealkylation sites (tertiary alicyclic amines) is 1. The molecule has 2 N–H and O–H groups in total. The summed E-state index contributed by atoms with van der Waals surface area (Å²) >= 11 is 1.58. The monoisotopic (exact) mass is 632 g/mol. The summed E-state index contributed by atoms with van der Waals surface area (Å²) in [5.41, 5.74) is 3.41. The number of aromatic nitrogens is 1. The molecule has 0 bridgehead atoms. The molecule has 2 aromatic heterocycles. The van der Waals surface area contributed by atoms with E-state index in [0.29, 0.717) is 18.5 Å². The zero-order valence-electron chi connectivity index (χ0n) is 24.8. The smallest absolute Gasteiger partial charge is 0.348 e. The predicted octanol–water partition coefficient (Wildman–Crippen LogP) is 6.82. The van der Waals surface area contributed by atoms with Gasteiger partial charge in [-0.25, -0.2) is 0 Å². The Morgan fingerprint density at radius 2 is 1.56 bits per heavy atom. The van der Waals surface area contributed by atoms with E-state index in [2.05, 4.69) is 20.5 Å². The summed E-state index contributed by atoms with van der Waals surface area (Å²) in [7, 11) is 0. The van der Waals surface area contributed by atoms with Crippen LogP contribution in [0.5, 0.6) is 0 Å². The van der Waals surface area contributed by atoms with Crippen LogP contribution >= 0.6 is 11.3 Å². The van der Waals surface area contributed by atoms with E-state index in [1.807, 2.05) is 78.2 Å². The molecule has 6 nitrogen and oxygen atoms in total. The van der Waals surface area contributed by atoms with E-state index in [1.165, 1.54) is 0 Å². The van der Waals surface area contributed by atoms with Crippen molar-refractivity contribution < 1.29 is 22.8 Å². The molecule has 45 heavy (non-hydrogen) atoms. The van der Waals surface area contributed by atoms with Gasteiger partial charge in [-0.05, 0) is 78.1 Å². The third-order valence-electron chi connectivity index (χ3n) is 8.91. The van der Waals surface area contributed by atoms with Crippen LogP contribution in [0.25, 0.3) is 21.6 Å². The summed E-state index contributed by atoms with van der Waals surface area (Å²) in [5.74, 6) is -0.771. The Labute approximate surface area is 264 Å². The number of piperidine rings is 1. The van der Waals surface area contributed by atoms with Gasteiger partial charge in [0.05, 0.1) is 0 Å². The van der Waals surface area contributed by atoms with Crippen LogP contribution < -0.4 is 10.6 Å². The van der Waals surface area contributed by atoms with Gasteiger partial charge in [0.2, 0.25) is 5.91 Å². The van der Waals surface area contributed by atoms with Gasteiger partial charge in [-0.3, -0.25) is 14.6 Å². The average molecular weight is 633 g/mol. The number of carbonyl (C=O) groups excluding carboxylic acids is 2. The standard InChI is InChI=1S/C35H35F3N4O2S/c36-35(37,38)23-40-33(44)34(28-12-3-1-9-25(28)26-10-2-4-13-29(26)34)17-5-6-19-42-20-15-24(16-21-42)41-32(43)31-27(11-7-18-39-31)30-14-8-22-45-30/h1-4,7-14,18,22,24H,5-6,15-17,19-21,23H2,(H,40,44)(H,41,43). The number of hydrogen-bond donors (Lipinski definition) is 2. The number of benzene rings is 2. The molecule has 3 heterocycles. The highest BCUT2D eigenvalue weighted by Crippen LogP contribution is 2.51. The Hall–Kier alpha value is -4.02. The number of fused-ring (bicyclic) bond motifs is 3. The first-order valence-corrected chi connectivity index (χ1v) is 16.2. The molecular formula is C35H35F3N4O2S. The minimum atomic E-state index is -4.50. The molecule has 0 atom stereocenters. The van der Waals surface area contributed by atoms with Crippen molar-refractivity contribution in [1.29, 1.82) is 0 Å². The molecule has 4 aromatic rings. The van der Waals surface area contributed by atoms with Gasteiger partial charge in [0.1, 0.15) is 17.7 Å².